The summed E-state index contributed by atoms with van der Waals surface area (Å²) in [5.74, 6) is 0. The minimum Gasteiger partial charge on any atom is -0.396 e. The van der Waals surface area contributed by atoms with Gasteiger partial charge in [0.2, 0.25) is 0 Å². The Kier molecular flexibility index (Phi) is 4.06. The van der Waals surface area contributed by atoms with Gasteiger partial charge in [-0.05, 0) is 30.2 Å². The largest absolute Gasteiger partial charge is 0.396 e. The van der Waals surface area contributed by atoms with Crippen LogP contribution < -0.4 is 0 Å². The van der Waals surface area contributed by atoms with Gasteiger partial charge in [0.05, 0.1) is 5.69 Å². The highest BCUT2D eigenvalue weighted by Crippen LogP contribution is 2.23. The average molecular weight is 234 g/mol. The molecule has 0 saturated heterocycles. The van der Waals surface area contributed by atoms with E-state index in [2.05, 4.69) is 4.36 Å². The molecule has 0 fully saturated rings. The summed E-state index contributed by atoms with van der Waals surface area (Å²) in [5.41, 5.74) is 0.931. The molecule has 0 atom stereocenters. The second-order valence-electron chi connectivity index (χ2n) is 2.56. The molecule has 0 aliphatic rings. The third-order valence-corrected chi connectivity index (χ3v) is 2.18. The molecule has 0 aromatic heterocycles. The molecule has 0 saturated carbocycles. The van der Waals surface area contributed by atoms with Crippen LogP contribution >= 0.6 is 11.6 Å². The number of aliphatic hydroxyl groups excluding tert-OH is 1. The van der Waals surface area contributed by atoms with Crippen molar-refractivity contribution in [3.63, 3.8) is 0 Å². The summed E-state index contributed by atoms with van der Waals surface area (Å²) < 4.78 is 24.1. The van der Waals surface area contributed by atoms with E-state index in [0.29, 0.717) is 22.7 Å². The van der Waals surface area contributed by atoms with Gasteiger partial charge in [0, 0.05) is 11.6 Å². The van der Waals surface area contributed by atoms with E-state index in [4.69, 9.17) is 16.7 Å². The van der Waals surface area contributed by atoms with Gasteiger partial charge in [-0.3, -0.25) is 0 Å². The molecule has 0 spiro atoms. The summed E-state index contributed by atoms with van der Waals surface area (Å²) in [4.78, 5) is 0. The first-order valence-electron chi connectivity index (χ1n) is 3.84. The molecule has 14 heavy (non-hydrogen) atoms. The third kappa shape index (κ3) is 3.10. The molecule has 0 amide bonds. The maximum atomic E-state index is 10.3. The number of aliphatic hydroxyl groups is 1. The van der Waals surface area contributed by atoms with E-state index in [1.54, 1.807) is 12.1 Å². The lowest BCUT2D eigenvalue weighted by molar-refractivity contribution is 0.300. The van der Waals surface area contributed by atoms with Crippen molar-refractivity contribution >= 4 is 27.8 Å². The number of hydrogen-bond acceptors (Lipinski definition) is 4. The fraction of sp³-hybridized carbons (Fsp3) is 0.250. The molecule has 0 aliphatic heterocycles. The van der Waals surface area contributed by atoms with Crippen LogP contribution in [-0.4, -0.2) is 20.1 Å². The molecule has 0 aliphatic carbocycles. The molecular formula is C8H8ClNO3S. The fourth-order valence-electron chi connectivity index (χ4n) is 1.04. The summed E-state index contributed by atoms with van der Waals surface area (Å²) >= 11 is 5.71. The van der Waals surface area contributed by atoms with Gasteiger partial charge >= 0.3 is 10.5 Å². The van der Waals surface area contributed by atoms with Gasteiger partial charge in [-0.1, -0.05) is 11.6 Å². The smallest absolute Gasteiger partial charge is 0.316 e. The Morgan fingerprint density at radius 2 is 2.14 bits per heavy atom. The van der Waals surface area contributed by atoms with Crippen molar-refractivity contribution in [1.82, 2.24) is 0 Å². The van der Waals surface area contributed by atoms with Crippen molar-refractivity contribution in [3.05, 3.63) is 28.8 Å². The van der Waals surface area contributed by atoms with Crippen molar-refractivity contribution < 1.29 is 13.5 Å². The van der Waals surface area contributed by atoms with E-state index < -0.39 is 10.5 Å². The lowest BCUT2D eigenvalue weighted by Gasteiger charge is -2.01. The highest BCUT2D eigenvalue weighted by molar-refractivity contribution is 7.61. The van der Waals surface area contributed by atoms with E-state index in [0.717, 1.165) is 0 Å². The summed E-state index contributed by atoms with van der Waals surface area (Å²) in [6.45, 7) is -0.0750. The number of rotatable bonds is 3. The molecule has 0 radical (unpaired) electrons. The standard InChI is InChI=1S/C8H8ClNO3S/c9-7-1-2-8(10-14(12)13)6(5-7)3-4-11/h1-2,5,11H,3-4H2. The van der Waals surface area contributed by atoms with Crippen LogP contribution in [0.5, 0.6) is 0 Å². The summed E-state index contributed by atoms with van der Waals surface area (Å²) in [7, 11) is -2.49. The number of halogens is 1. The molecule has 0 heterocycles. The highest BCUT2D eigenvalue weighted by Gasteiger charge is 2.02. The lowest BCUT2D eigenvalue weighted by Crippen LogP contribution is -1.90. The van der Waals surface area contributed by atoms with Gasteiger partial charge in [-0.2, -0.15) is 8.42 Å². The molecule has 0 unspecified atom stereocenters. The zero-order valence-corrected chi connectivity index (χ0v) is 8.72. The number of hydrogen-bond donors (Lipinski definition) is 1. The molecule has 1 rings (SSSR count). The van der Waals surface area contributed by atoms with Crippen molar-refractivity contribution in [2.24, 2.45) is 4.36 Å². The Morgan fingerprint density at radius 3 is 2.71 bits per heavy atom. The lowest BCUT2D eigenvalue weighted by atomic mass is 10.1. The van der Waals surface area contributed by atoms with Crippen molar-refractivity contribution in [2.75, 3.05) is 6.61 Å². The number of benzene rings is 1. The fourth-order valence-corrected chi connectivity index (χ4v) is 1.58. The van der Waals surface area contributed by atoms with Crippen molar-refractivity contribution in [3.8, 4) is 0 Å². The predicted octanol–water partition coefficient (Wildman–Crippen LogP) is 1.57. The minimum absolute atomic E-state index is 0.0750. The first kappa shape index (κ1) is 11.2. The van der Waals surface area contributed by atoms with Gasteiger partial charge in [0.25, 0.3) is 0 Å². The van der Waals surface area contributed by atoms with Crippen LogP contribution in [0.2, 0.25) is 5.02 Å². The Labute approximate surface area is 87.9 Å². The summed E-state index contributed by atoms with van der Waals surface area (Å²) in [6, 6.07) is 4.64. The Hall–Kier alpha value is -0.910. The van der Waals surface area contributed by atoms with Gasteiger partial charge in [-0.15, -0.1) is 4.36 Å². The summed E-state index contributed by atoms with van der Waals surface area (Å²) in [5, 5.41) is 9.22. The molecule has 76 valence electrons. The van der Waals surface area contributed by atoms with Crippen LogP contribution in [0, 0.1) is 0 Å². The van der Waals surface area contributed by atoms with Gasteiger partial charge in [0.1, 0.15) is 0 Å². The molecule has 0 bridgehead atoms. The zero-order chi connectivity index (χ0) is 10.6. The Bertz CT molecular complexity index is 448. The van der Waals surface area contributed by atoms with Crippen LogP contribution in [0.1, 0.15) is 5.56 Å². The maximum Gasteiger partial charge on any atom is 0.316 e. The quantitative estimate of drug-likeness (QED) is 0.862. The van der Waals surface area contributed by atoms with Crippen LogP contribution in [0.15, 0.2) is 22.6 Å². The molecular weight excluding hydrogens is 226 g/mol. The van der Waals surface area contributed by atoms with E-state index in [1.807, 2.05) is 0 Å². The highest BCUT2D eigenvalue weighted by atomic mass is 35.5. The summed E-state index contributed by atoms with van der Waals surface area (Å²) in [6.07, 6.45) is 0.330. The predicted molar refractivity (Wildman–Crippen MR) is 53.2 cm³/mol. The Balaban J connectivity index is 3.21. The average Bonchev–Trinajstić information content (AvgIpc) is 2.09. The maximum absolute atomic E-state index is 10.3. The molecule has 4 nitrogen and oxygen atoms in total. The van der Waals surface area contributed by atoms with E-state index >= 15 is 0 Å². The van der Waals surface area contributed by atoms with Gasteiger partial charge in [0.15, 0.2) is 0 Å². The monoisotopic (exact) mass is 233 g/mol. The van der Waals surface area contributed by atoms with E-state index in [9.17, 15) is 8.42 Å². The second-order valence-corrected chi connectivity index (χ2v) is 3.61. The van der Waals surface area contributed by atoms with Crippen molar-refractivity contribution in [1.29, 1.82) is 0 Å². The SMILES string of the molecule is O=S(=O)=Nc1ccc(Cl)cc1CCO. The first-order chi connectivity index (χ1) is 6.63. The first-order valence-corrected chi connectivity index (χ1v) is 5.25. The van der Waals surface area contributed by atoms with E-state index in [-0.39, 0.29) is 6.61 Å². The molecule has 1 N–H and O–H groups in total. The van der Waals surface area contributed by atoms with Crippen LogP contribution in [0.3, 0.4) is 0 Å². The Morgan fingerprint density at radius 1 is 1.43 bits per heavy atom. The molecule has 6 heteroatoms. The van der Waals surface area contributed by atoms with Crippen LogP contribution in [0.4, 0.5) is 5.69 Å². The van der Waals surface area contributed by atoms with Crippen molar-refractivity contribution in [2.45, 2.75) is 6.42 Å². The second kappa shape index (κ2) is 5.09. The normalized spacial score (nSPS) is 9.86. The number of nitrogens with zero attached hydrogens (tertiary/aromatic N) is 1. The van der Waals surface area contributed by atoms with Gasteiger partial charge < -0.3 is 5.11 Å². The zero-order valence-electron chi connectivity index (χ0n) is 7.14. The topological polar surface area (TPSA) is 66.7 Å². The molecule has 1 aromatic rings. The van der Waals surface area contributed by atoms with Crippen LogP contribution in [0.25, 0.3) is 0 Å². The van der Waals surface area contributed by atoms with Gasteiger partial charge in [-0.25, -0.2) is 0 Å². The minimum atomic E-state index is -2.49. The van der Waals surface area contributed by atoms with Crippen LogP contribution in [-0.2, 0) is 16.9 Å². The molecule has 1 aromatic carbocycles. The van der Waals surface area contributed by atoms with E-state index in [1.165, 1.54) is 6.07 Å². The third-order valence-electron chi connectivity index (χ3n) is 1.60.